The number of aldehydes is 1. The molecule has 3 aliphatic rings. The Bertz CT molecular complexity index is 1600. The van der Waals surface area contributed by atoms with E-state index in [1.54, 1.807) is 16.8 Å². The zero-order chi connectivity index (χ0) is 29.2. The first-order valence-corrected chi connectivity index (χ1v) is 14.7. The van der Waals surface area contributed by atoms with E-state index < -0.39 is 6.23 Å². The molecule has 1 aliphatic carbocycles. The van der Waals surface area contributed by atoms with Crippen molar-refractivity contribution in [2.75, 3.05) is 18.8 Å². The molecule has 0 saturated carbocycles. The fourth-order valence-corrected chi connectivity index (χ4v) is 6.38. The van der Waals surface area contributed by atoms with Gasteiger partial charge in [-0.1, -0.05) is 31.2 Å². The maximum absolute atomic E-state index is 11.3. The molecule has 1 saturated heterocycles. The lowest BCUT2D eigenvalue weighted by Crippen LogP contribution is -2.36. The predicted molar refractivity (Wildman–Crippen MR) is 161 cm³/mol. The van der Waals surface area contributed by atoms with Gasteiger partial charge < -0.3 is 20.7 Å². The first-order valence-electron chi connectivity index (χ1n) is 14.7. The molecule has 10 nitrogen and oxygen atoms in total. The molecule has 3 aromatic heterocycles. The van der Waals surface area contributed by atoms with Crippen LogP contribution >= 0.6 is 0 Å². The van der Waals surface area contributed by atoms with Crippen molar-refractivity contribution in [3.63, 3.8) is 0 Å². The molecule has 42 heavy (non-hydrogen) atoms. The van der Waals surface area contributed by atoms with Gasteiger partial charge in [-0.15, -0.1) is 0 Å². The van der Waals surface area contributed by atoms with E-state index in [1.807, 2.05) is 17.3 Å². The van der Waals surface area contributed by atoms with Gasteiger partial charge in [0.25, 0.3) is 0 Å². The number of fused-ring (bicyclic) bond motifs is 1. The van der Waals surface area contributed by atoms with E-state index in [4.69, 9.17) is 15.7 Å². The third-order valence-corrected chi connectivity index (χ3v) is 8.82. The van der Waals surface area contributed by atoms with Crippen LogP contribution in [0.1, 0.15) is 79.5 Å². The number of pyridine rings is 1. The van der Waals surface area contributed by atoms with Gasteiger partial charge in [0.1, 0.15) is 24.1 Å². The Labute approximate surface area is 245 Å². The highest BCUT2D eigenvalue weighted by molar-refractivity contribution is 5.76. The zero-order valence-electron chi connectivity index (χ0n) is 23.8. The summed E-state index contributed by atoms with van der Waals surface area (Å²) in [7, 11) is 0. The lowest BCUT2D eigenvalue weighted by atomic mass is 9.88. The highest BCUT2D eigenvalue weighted by Gasteiger charge is 2.31. The predicted octanol–water partition coefficient (Wildman–Crippen LogP) is 4.38. The zero-order valence-corrected chi connectivity index (χ0v) is 23.8. The fourth-order valence-electron chi connectivity index (χ4n) is 6.38. The van der Waals surface area contributed by atoms with Crippen LogP contribution in [0.4, 0.5) is 5.82 Å². The van der Waals surface area contributed by atoms with E-state index in [0.717, 1.165) is 60.1 Å². The van der Waals surface area contributed by atoms with Crippen molar-refractivity contribution >= 4 is 24.0 Å². The number of aliphatic hydroxyl groups is 1. The first kappa shape index (κ1) is 28.0. The van der Waals surface area contributed by atoms with E-state index in [-0.39, 0.29) is 17.6 Å². The minimum Gasteiger partial charge on any atom is -0.506 e. The lowest BCUT2D eigenvalue weighted by Gasteiger charge is -2.35. The maximum atomic E-state index is 11.3. The number of nitrogens with zero attached hydrogens (tertiary/aromatic N) is 6. The molecule has 3 aromatic rings. The van der Waals surface area contributed by atoms with Crippen LogP contribution < -0.4 is 5.73 Å². The van der Waals surface area contributed by atoms with Crippen molar-refractivity contribution in [1.29, 1.82) is 0 Å². The van der Waals surface area contributed by atoms with E-state index >= 15 is 0 Å². The van der Waals surface area contributed by atoms with E-state index in [1.165, 1.54) is 11.8 Å². The van der Waals surface area contributed by atoms with Crippen molar-refractivity contribution in [3.8, 4) is 5.75 Å². The number of piperidine rings is 1. The van der Waals surface area contributed by atoms with Gasteiger partial charge in [0, 0.05) is 60.4 Å². The molecule has 0 bridgehead atoms. The van der Waals surface area contributed by atoms with Crippen molar-refractivity contribution in [2.45, 2.75) is 63.5 Å². The molecule has 2 aliphatic heterocycles. The molecular formula is C32H37N7O3. The van der Waals surface area contributed by atoms with Gasteiger partial charge in [-0.05, 0) is 49.7 Å². The van der Waals surface area contributed by atoms with Gasteiger partial charge in [-0.25, -0.2) is 4.98 Å². The second-order valence-corrected chi connectivity index (χ2v) is 11.4. The summed E-state index contributed by atoms with van der Waals surface area (Å²) in [4.78, 5) is 27.2. The average Bonchev–Trinajstić information content (AvgIpc) is 3.45. The number of carbonyl (C=O) groups is 1. The Morgan fingerprint density at radius 3 is 2.76 bits per heavy atom. The van der Waals surface area contributed by atoms with Crippen LogP contribution in [0.15, 0.2) is 65.2 Å². The van der Waals surface area contributed by atoms with Gasteiger partial charge in [0.15, 0.2) is 5.65 Å². The van der Waals surface area contributed by atoms with Crippen molar-refractivity contribution in [3.05, 3.63) is 82.6 Å². The Morgan fingerprint density at radius 2 is 2.05 bits per heavy atom. The molecule has 0 aromatic carbocycles. The fraction of sp³-hybridized carbons (Fsp3) is 0.406. The van der Waals surface area contributed by atoms with Crippen molar-refractivity contribution in [1.82, 2.24) is 24.5 Å². The Morgan fingerprint density at radius 1 is 1.21 bits per heavy atom. The van der Waals surface area contributed by atoms with Crippen LogP contribution in [-0.2, 0) is 11.2 Å². The van der Waals surface area contributed by atoms with Crippen molar-refractivity contribution < 1.29 is 15.0 Å². The molecule has 0 amide bonds. The molecule has 0 radical (unpaired) electrons. The standard InChI is InChI=1S/C32H37N7O3/c1-20-5-2-3-6-23(20)27-9-8-22(17-35-27)26-18-36-39-30(33)25(7-4-16-40)29(37-31(26)39)21-11-14-38(15-12-21)32(42)24-10-13-34-19-28(24)41/h2-3,6,9-10,13,16-22,32,41-42H,4-5,7-8,11-12,14-15,33H2,1H3. The second kappa shape index (κ2) is 12.0. The van der Waals surface area contributed by atoms with Gasteiger partial charge in [0.2, 0.25) is 0 Å². The summed E-state index contributed by atoms with van der Waals surface area (Å²) >= 11 is 0. The Balaban J connectivity index is 1.27. The first-order chi connectivity index (χ1) is 20.5. The lowest BCUT2D eigenvalue weighted by molar-refractivity contribution is -0.107. The van der Waals surface area contributed by atoms with Crippen LogP contribution in [0.5, 0.6) is 5.75 Å². The van der Waals surface area contributed by atoms with Crippen LogP contribution in [-0.4, -0.2) is 60.3 Å². The minimum atomic E-state index is -0.919. The summed E-state index contributed by atoms with van der Waals surface area (Å²) in [5, 5.41) is 25.7. The number of aromatic hydroxyl groups is 1. The SMILES string of the molecule is CC1CC=CC=C1C1=CCC(c2cnn3c(N)c(CCC=O)c(C4CCN(C(O)c5ccncc5O)CC4)nc23)C=N1. The molecule has 10 heteroatoms. The van der Waals surface area contributed by atoms with Crippen LogP contribution in [0.25, 0.3) is 5.65 Å². The number of anilines is 1. The van der Waals surface area contributed by atoms with Gasteiger partial charge in [0.05, 0.1) is 23.8 Å². The van der Waals surface area contributed by atoms with E-state index in [0.29, 0.717) is 43.2 Å². The molecule has 218 valence electrons. The molecule has 5 heterocycles. The van der Waals surface area contributed by atoms with Crippen molar-refractivity contribution in [2.24, 2.45) is 10.9 Å². The monoisotopic (exact) mass is 567 g/mol. The smallest absolute Gasteiger partial charge is 0.161 e. The van der Waals surface area contributed by atoms with Gasteiger partial charge in [-0.3, -0.25) is 14.9 Å². The number of aliphatic hydroxyl groups excluding tert-OH is 1. The highest BCUT2D eigenvalue weighted by Crippen LogP contribution is 2.38. The van der Waals surface area contributed by atoms with Crippen LogP contribution in [0, 0.1) is 5.92 Å². The average molecular weight is 568 g/mol. The number of carbonyl (C=O) groups excluding carboxylic acids is 1. The molecule has 6 rings (SSSR count). The molecule has 3 unspecified atom stereocenters. The third kappa shape index (κ3) is 5.28. The van der Waals surface area contributed by atoms with E-state index in [2.05, 4.69) is 41.3 Å². The summed E-state index contributed by atoms with van der Waals surface area (Å²) in [6, 6.07) is 1.64. The quantitative estimate of drug-likeness (QED) is 0.341. The van der Waals surface area contributed by atoms with Gasteiger partial charge >= 0.3 is 0 Å². The van der Waals surface area contributed by atoms with Crippen LogP contribution in [0.2, 0.25) is 0 Å². The normalized spacial score (nSPS) is 22.2. The number of rotatable bonds is 8. The Kier molecular flexibility index (Phi) is 7.99. The molecular weight excluding hydrogens is 530 g/mol. The largest absolute Gasteiger partial charge is 0.506 e. The van der Waals surface area contributed by atoms with Gasteiger partial charge in [-0.2, -0.15) is 9.61 Å². The molecule has 0 spiro atoms. The number of hydrogen-bond acceptors (Lipinski definition) is 9. The summed E-state index contributed by atoms with van der Waals surface area (Å²) in [6.45, 7) is 3.46. The highest BCUT2D eigenvalue weighted by atomic mass is 16.3. The molecule has 1 fully saturated rings. The molecule has 4 N–H and O–H groups in total. The molecule has 3 atom stereocenters. The third-order valence-electron chi connectivity index (χ3n) is 8.82. The Hall–Kier alpha value is -4.15. The minimum absolute atomic E-state index is 0.0218. The van der Waals surface area contributed by atoms with Crippen LogP contribution in [0.3, 0.4) is 0 Å². The number of likely N-dealkylation sites (tertiary alicyclic amines) is 1. The van der Waals surface area contributed by atoms with E-state index in [9.17, 15) is 15.0 Å². The second-order valence-electron chi connectivity index (χ2n) is 11.4. The number of aliphatic imine (C=N–C) groups is 1. The summed E-state index contributed by atoms with van der Waals surface area (Å²) in [5.74, 6) is 1.08. The number of aromatic nitrogens is 4. The maximum Gasteiger partial charge on any atom is 0.161 e. The number of allylic oxidation sites excluding steroid dienone is 5. The summed E-state index contributed by atoms with van der Waals surface area (Å²) < 4.78 is 1.70. The number of nitrogens with two attached hydrogens (primary N) is 1. The number of hydrogen-bond donors (Lipinski definition) is 3. The summed E-state index contributed by atoms with van der Waals surface area (Å²) in [5.41, 5.74) is 12.9. The number of nitrogen functional groups attached to an aromatic ring is 1. The summed E-state index contributed by atoms with van der Waals surface area (Å²) in [6.07, 6.45) is 19.6. The topological polar surface area (TPSA) is 142 Å².